The highest BCUT2D eigenvalue weighted by molar-refractivity contribution is 7.98. The van der Waals surface area contributed by atoms with E-state index in [1.807, 2.05) is 19.2 Å². The summed E-state index contributed by atoms with van der Waals surface area (Å²) in [6.07, 6.45) is -0.0405. The highest BCUT2D eigenvalue weighted by Gasteiger charge is 2.46. The number of thioether (sulfide) groups is 1. The van der Waals surface area contributed by atoms with Crippen LogP contribution in [0.15, 0.2) is 9.78 Å². The number of rotatable bonds is 7. The number of hydrogen-bond acceptors (Lipinski definition) is 5. The van der Waals surface area contributed by atoms with Crippen molar-refractivity contribution in [3.63, 3.8) is 0 Å². The number of sulfonamides is 1. The standard InChI is InChI=1S/C11H16F3N3O2S3/c1-7(2)10-16-8(6-21-10)5-20-4-3-9(15)17-22(18,19)11(12,13)14/h6-7H,3-5H2,1-2H3,(H2,15,17). The smallest absolute Gasteiger partial charge is 0.386 e. The van der Waals surface area contributed by atoms with Crippen molar-refractivity contribution in [1.82, 2.24) is 4.98 Å². The van der Waals surface area contributed by atoms with E-state index in [4.69, 9.17) is 5.73 Å². The molecule has 0 bridgehead atoms. The molecule has 0 radical (unpaired) electrons. The number of nitrogens with zero attached hydrogens (tertiary/aromatic N) is 2. The van der Waals surface area contributed by atoms with E-state index in [-0.39, 0.29) is 6.42 Å². The lowest BCUT2D eigenvalue weighted by Crippen LogP contribution is -2.25. The minimum atomic E-state index is -5.55. The third-order valence-corrected chi connectivity index (χ3v) is 5.59. The van der Waals surface area contributed by atoms with Gasteiger partial charge in [-0.15, -0.1) is 15.7 Å². The van der Waals surface area contributed by atoms with Gasteiger partial charge in [0, 0.05) is 29.2 Å². The molecule has 22 heavy (non-hydrogen) atoms. The van der Waals surface area contributed by atoms with E-state index in [1.165, 1.54) is 11.8 Å². The monoisotopic (exact) mass is 375 g/mol. The molecule has 0 aromatic carbocycles. The molecule has 0 aliphatic heterocycles. The molecule has 0 saturated carbocycles. The Morgan fingerprint density at radius 2 is 2.14 bits per heavy atom. The van der Waals surface area contributed by atoms with Gasteiger partial charge in [-0.05, 0) is 0 Å². The highest BCUT2D eigenvalue weighted by Crippen LogP contribution is 2.25. The summed E-state index contributed by atoms with van der Waals surface area (Å²) in [5, 5.41) is 2.95. The summed E-state index contributed by atoms with van der Waals surface area (Å²) in [5.41, 5.74) is 0.692. The third kappa shape index (κ3) is 5.76. The van der Waals surface area contributed by atoms with Crippen molar-refractivity contribution >= 4 is 39.0 Å². The zero-order valence-corrected chi connectivity index (χ0v) is 14.4. The Kier molecular flexibility index (Phi) is 6.68. The van der Waals surface area contributed by atoms with E-state index >= 15 is 0 Å². The maximum absolute atomic E-state index is 12.1. The molecule has 0 spiro atoms. The first-order valence-electron chi connectivity index (χ1n) is 6.20. The van der Waals surface area contributed by atoms with Gasteiger partial charge in [0.15, 0.2) is 0 Å². The molecule has 1 rings (SSSR count). The number of hydrogen-bond donors (Lipinski definition) is 1. The summed E-state index contributed by atoms with van der Waals surface area (Å²) < 4.78 is 60.4. The summed E-state index contributed by atoms with van der Waals surface area (Å²) >= 11 is 2.96. The topological polar surface area (TPSA) is 85.4 Å². The lowest BCUT2D eigenvalue weighted by Gasteiger charge is -2.04. The van der Waals surface area contributed by atoms with Gasteiger partial charge >= 0.3 is 15.5 Å². The van der Waals surface area contributed by atoms with Gasteiger partial charge in [0.05, 0.1) is 10.7 Å². The zero-order valence-electron chi connectivity index (χ0n) is 11.9. The van der Waals surface area contributed by atoms with Crippen molar-refractivity contribution < 1.29 is 21.6 Å². The number of alkyl halides is 3. The van der Waals surface area contributed by atoms with E-state index in [9.17, 15) is 21.6 Å². The van der Waals surface area contributed by atoms with Gasteiger partial charge in [-0.25, -0.2) is 4.98 Å². The van der Waals surface area contributed by atoms with E-state index in [0.717, 1.165) is 10.7 Å². The quantitative estimate of drug-likeness (QED) is 0.450. The van der Waals surface area contributed by atoms with Gasteiger partial charge in [0.2, 0.25) is 0 Å². The fraction of sp³-hybridized carbons (Fsp3) is 0.636. The number of halogens is 3. The predicted octanol–water partition coefficient (Wildman–Crippen LogP) is 3.10. The summed E-state index contributed by atoms with van der Waals surface area (Å²) in [4.78, 5) is 4.41. The molecule has 126 valence electrons. The van der Waals surface area contributed by atoms with E-state index in [1.54, 1.807) is 11.3 Å². The normalized spacial score (nSPS) is 13.8. The van der Waals surface area contributed by atoms with Gasteiger partial charge in [0.25, 0.3) is 0 Å². The molecule has 0 atom stereocenters. The Morgan fingerprint density at radius 1 is 1.50 bits per heavy atom. The molecule has 2 N–H and O–H groups in total. The maximum atomic E-state index is 12.1. The van der Waals surface area contributed by atoms with Crippen LogP contribution in [0.5, 0.6) is 0 Å². The summed E-state index contributed by atoms with van der Waals surface area (Å²) in [5.74, 6) is 0.741. The molecular weight excluding hydrogens is 359 g/mol. The Hall–Kier alpha value is -0.810. The van der Waals surface area contributed by atoms with E-state index in [0.29, 0.717) is 17.4 Å². The first-order chi connectivity index (χ1) is 10.0. The van der Waals surface area contributed by atoms with Crippen LogP contribution in [0.3, 0.4) is 0 Å². The maximum Gasteiger partial charge on any atom is 0.518 e. The Balaban J connectivity index is 2.44. The first-order valence-corrected chi connectivity index (χ1v) is 9.68. The SMILES string of the molecule is CC(C)c1nc(CSCC/C(N)=N/S(=O)(=O)C(F)(F)F)cs1. The van der Waals surface area contributed by atoms with Crippen LogP contribution in [0, 0.1) is 0 Å². The van der Waals surface area contributed by atoms with Crippen LogP contribution in [0.1, 0.15) is 36.9 Å². The van der Waals surface area contributed by atoms with Crippen molar-refractivity contribution in [2.45, 2.75) is 37.4 Å². The van der Waals surface area contributed by atoms with Crippen molar-refractivity contribution in [2.75, 3.05) is 5.75 Å². The van der Waals surface area contributed by atoms with Crippen molar-refractivity contribution in [3.05, 3.63) is 16.1 Å². The van der Waals surface area contributed by atoms with Crippen LogP contribution < -0.4 is 5.73 Å². The number of nitrogens with two attached hydrogens (primary N) is 1. The van der Waals surface area contributed by atoms with Crippen molar-refractivity contribution in [3.8, 4) is 0 Å². The van der Waals surface area contributed by atoms with Gasteiger partial charge in [-0.1, -0.05) is 13.8 Å². The fourth-order valence-corrected chi connectivity index (χ4v) is 3.56. The molecule has 11 heteroatoms. The van der Waals surface area contributed by atoms with Crippen LogP contribution in [-0.2, 0) is 15.8 Å². The average molecular weight is 375 g/mol. The summed E-state index contributed by atoms with van der Waals surface area (Å²) in [6.45, 7) is 4.07. The second-order valence-corrected chi connectivity index (χ2v) is 8.23. The average Bonchev–Trinajstić information content (AvgIpc) is 2.81. The van der Waals surface area contributed by atoms with Gasteiger partial charge in [-0.3, -0.25) is 0 Å². The molecule has 1 aromatic heterocycles. The molecule has 5 nitrogen and oxygen atoms in total. The number of thiazole rings is 1. The summed E-state index contributed by atoms with van der Waals surface area (Å²) in [7, 11) is -5.55. The highest BCUT2D eigenvalue weighted by atomic mass is 32.2. The minimum Gasteiger partial charge on any atom is -0.386 e. The van der Waals surface area contributed by atoms with Crippen molar-refractivity contribution in [1.29, 1.82) is 0 Å². The van der Waals surface area contributed by atoms with E-state index in [2.05, 4.69) is 9.38 Å². The van der Waals surface area contributed by atoms with Crippen LogP contribution in [-0.4, -0.2) is 30.5 Å². The zero-order chi connectivity index (χ0) is 17.0. The van der Waals surface area contributed by atoms with Crippen LogP contribution in [0.4, 0.5) is 13.2 Å². The molecule has 0 fully saturated rings. The molecule has 0 aliphatic carbocycles. The van der Waals surface area contributed by atoms with Crippen LogP contribution in [0.25, 0.3) is 0 Å². The Morgan fingerprint density at radius 3 is 2.64 bits per heavy atom. The predicted molar refractivity (Wildman–Crippen MR) is 83.6 cm³/mol. The number of aromatic nitrogens is 1. The molecule has 1 aromatic rings. The second kappa shape index (κ2) is 7.64. The minimum absolute atomic E-state index is 0.0405. The molecule has 0 amide bonds. The van der Waals surface area contributed by atoms with Gasteiger partial charge < -0.3 is 5.73 Å². The lowest BCUT2D eigenvalue weighted by atomic mass is 10.2. The Bertz CT molecular complexity index is 624. The van der Waals surface area contributed by atoms with E-state index < -0.39 is 21.4 Å². The molecule has 0 aliphatic rings. The largest absolute Gasteiger partial charge is 0.518 e. The molecular formula is C11H16F3N3O2S3. The van der Waals surface area contributed by atoms with Crippen LogP contribution in [0.2, 0.25) is 0 Å². The lowest BCUT2D eigenvalue weighted by molar-refractivity contribution is -0.0435. The first kappa shape index (κ1) is 19.2. The summed E-state index contributed by atoms with van der Waals surface area (Å²) in [6, 6.07) is 0. The van der Waals surface area contributed by atoms with Gasteiger partial charge in [0.1, 0.15) is 5.84 Å². The van der Waals surface area contributed by atoms with Gasteiger partial charge in [-0.2, -0.15) is 33.4 Å². The fourth-order valence-electron chi connectivity index (χ4n) is 1.26. The second-order valence-electron chi connectivity index (χ2n) is 4.64. The van der Waals surface area contributed by atoms with Crippen LogP contribution >= 0.6 is 23.1 Å². The van der Waals surface area contributed by atoms with Crippen molar-refractivity contribution in [2.24, 2.45) is 10.1 Å². The third-order valence-electron chi connectivity index (χ3n) is 2.35. The number of amidine groups is 1. The molecule has 1 heterocycles. The molecule has 0 saturated heterocycles. The Labute approximate surface area is 135 Å². The molecule has 0 unspecified atom stereocenters.